The van der Waals surface area contributed by atoms with Crippen LogP contribution in [0, 0.1) is 0 Å². The summed E-state index contributed by atoms with van der Waals surface area (Å²) >= 11 is 1.43. The van der Waals surface area contributed by atoms with Crippen molar-refractivity contribution in [3.8, 4) is 28.5 Å². The molecule has 7 rings (SSSR count). The van der Waals surface area contributed by atoms with Gasteiger partial charge in [-0.05, 0) is 85.3 Å². The van der Waals surface area contributed by atoms with Crippen molar-refractivity contribution in [3.63, 3.8) is 0 Å². The van der Waals surface area contributed by atoms with Gasteiger partial charge in [-0.3, -0.25) is 10.2 Å². The molecular weight excluding hydrogens is 604 g/mol. The van der Waals surface area contributed by atoms with Gasteiger partial charge in [0, 0.05) is 24.2 Å². The molecule has 0 spiro atoms. The van der Waals surface area contributed by atoms with Crippen LogP contribution in [0.15, 0.2) is 72.8 Å². The summed E-state index contributed by atoms with van der Waals surface area (Å²) in [6, 6.07) is 22.5. The number of carboxylic acids is 1. The number of pyridine rings is 1. The maximum Gasteiger partial charge on any atom is 0.358 e. The van der Waals surface area contributed by atoms with Crippen LogP contribution < -0.4 is 24.4 Å². The molecule has 2 N–H and O–H groups in total. The van der Waals surface area contributed by atoms with Gasteiger partial charge in [-0.2, -0.15) is 0 Å². The SMILES string of the molecule is O=C(O)c1nc(-c2ccc3c(c2)N(C(=O)Nc2nc4ccccc4s2)CCC3)ccc1OCCCOc1ccc2c(c1)CCCO2. The van der Waals surface area contributed by atoms with E-state index in [9.17, 15) is 14.7 Å². The molecule has 2 aliphatic rings. The number of nitrogens with one attached hydrogen (secondary N) is 1. The van der Waals surface area contributed by atoms with Crippen LogP contribution in [-0.4, -0.2) is 53.4 Å². The maximum absolute atomic E-state index is 13.4. The molecule has 4 heterocycles. The Bertz CT molecular complexity index is 1890. The monoisotopic (exact) mass is 636 g/mol. The smallest absolute Gasteiger partial charge is 0.358 e. The number of carbonyl (C=O) groups excluding carboxylic acids is 1. The molecule has 10 nitrogen and oxygen atoms in total. The summed E-state index contributed by atoms with van der Waals surface area (Å²) in [5.74, 6) is 0.702. The molecule has 0 atom stereocenters. The number of urea groups is 1. The van der Waals surface area contributed by atoms with Gasteiger partial charge in [-0.15, -0.1) is 0 Å². The van der Waals surface area contributed by atoms with E-state index in [0.29, 0.717) is 36.0 Å². The van der Waals surface area contributed by atoms with E-state index < -0.39 is 5.97 Å². The van der Waals surface area contributed by atoms with Crippen molar-refractivity contribution < 1.29 is 28.9 Å². The Labute approximate surface area is 269 Å². The number of ether oxygens (including phenoxy) is 3. The van der Waals surface area contributed by atoms with Crippen LogP contribution in [-0.2, 0) is 12.8 Å². The van der Waals surface area contributed by atoms with Gasteiger partial charge in [-0.1, -0.05) is 35.6 Å². The second-order valence-corrected chi connectivity index (χ2v) is 12.2. The molecule has 2 aromatic heterocycles. The van der Waals surface area contributed by atoms with E-state index in [1.807, 2.05) is 60.7 Å². The van der Waals surface area contributed by atoms with E-state index in [-0.39, 0.29) is 24.1 Å². The predicted molar refractivity (Wildman–Crippen MR) is 177 cm³/mol. The Morgan fingerprint density at radius 1 is 0.935 bits per heavy atom. The number of hydrogen-bond donors (Lipinski definition) is 2. The lowest BCUT2D eigenvalue weighted by molar-refractivity contribution is 0.0685. The normalized spacial score (nSPS) is 13.8. The van der Waals surface area contributed by atoms with Crippen LogP contribution in [0.1, 0.15) is 40.9 Å². The summed E-state index contributed by atoms with van der Waals surface area (Å²) in [5, 5.41) is 13.4. The number of thiazole rings is 1. The number of benzene rings is 3. The van der Waals surface area contributed by atoms with Crippen LogP contribution in [0.5, 0.6) is 17.2 Å². The van der Waals surface area contributed by atoms with E-state index in [1.165, 1.54) is 11.3 Å². The Morgan fingerprint density at radius 3 is 2.70 bits per heavy atom. The molecule has 3 aromatic carbocycles. The van der Waals surface area contributed by atoms with Gasteiger partial charge in [-0.25, -0.2) is 19.6 Å². The average molecular weight is 637 g/mol. The highest BCUT2D eigenvalue weighted by Gasteiger charge is 2.25. The lowest BCUT2D eigenvalue weighted by Gasteiger charge is -2.29. The number of amides is 2. The molecule has 5 aromatic rings. The number of hydrogen-bond acceptors (Lipinski definition) is 8. The zero-order chi connectivity index (χ0) is 31.5. The molecule has 0 saturated heterocycles. The molecule has 0 aliphatic carbocycles. The molecule has 0 bridgehead atoms. The number of nitrogens with zero attached hydrogens (tertiary/aromatic N) is 3. The summed E-state index contributed by atoms with van der Waals surface area (Å²) in [6.45, 7) is 1.99. The number of aromatic carboxylic acids is 1. The van der Waals surface area contributed by atoms with Gasteiger partial charge >= 0.3 is 12.0 Å². The number of anilines is 2. The Balaban J connectivity index is 1.02. The molecule has 234 valence electrons. The molecule has 0 unspecified atom stereocenters. The van der Waals surface area contributed by atoms with Crippen molar-refractivity contribution in [2.45, 2.75) is 32.1 Å². The number of aryl methyl sites for hydroxylation is 2. The highest BCUT2D eigenvalue weighted by atomic mass is 32.1. The molecular formula is C35H32N4O6S. The Hall–Kier alpha value is -5.16. The molecule has 11 heteroatoms. The average Bonchev–Trinajstić information content (AvgIpc) is 3.50. The standard InChI is InChI=1S/C35H32N4O6S/c40-33(41)32-30(45-19-5-18-43-25-12-14-29-24(20-25)7-4-17-44-29)15-13-26(36-32)23-11-10-22-6-3-16-39(28(22)21-23)35(42)38-34-37-27-8-1-2-9-31(27)46-34/h1-2,8-15,20-21H,3-7,16-19H2,(H,40,41)(H,37,38,42). The van der Waals surface area contributed by atoms with Gasteiger partial charge in [0.15, 0.2) is 16.6 Å². The second kappa shape index (κ2) is 13.1. The number of fused-ring (bicyclic) bond motifs is 3. The van der Waals surface area contributed by atoms with E-state index in [4.69, 9.17) is 14.2 Å². The third-order valence-corrected chi connectivity index (χ3v) is 8.96. The predicted octanol–water partition coefficient (Wildman–Crippen LogP) is 7.21. The van der Waals surface area contributed by atoms with Crippen LogP contribution in [0.4, 0.5) is 15.6 Å². The van der Waals surface area contributed by atoms with Crippen molar-refractivity contribution in [2.75, 3.05) is 36.6 Å². The molecule has 2 aliphatic heterocycles. The minimum atomic E-state index is -1.18. The lowest BCUT2D eigenvalue weighted by atomic mass is 9.98. The fraction of sp³-hybridized carbons (Fsp3) is 0.257. The maximum atomic E-state index is 13.4. The fourth-order valence-electron chi connectivity index (χ4n) is 5.76. The van der Waals surface area contributed by atoms with Crippen molar-refractivity contribution in [1.29, 1.82) is 0 Å². The quantitative estimate of drug-likeness (QED) is 0.163. The minimum Gasteiger partial charge on any atom is -0.493 e. The minimum absolute atomic E-state index is 0.170. The molecule has 46 heavy (non-hydrogen) atoms. The summed E-state index contributed by atoms with van der Waals surface area (Å²) in [7, 11) is 0. The number of aromatic nitrogens is 2. The Kier molecular flexibility index (Phi) is 8.39. The van der Waals surface area contributed by atoms with E-state index in [1.54, 1.807) is 17.0 Å². The zero-order valence-electron chi connectivity index (χ0n) is 25.0. The molecule has 0 saturated carbocycles. The van der Waals surface area contributed by atoms with Crippen LogP contribution in [0.3, 0.4) is 0 Å². The molecule has 0 fully saturated rings. The second-order valence-electron chi connectivity index (χ2n) is 11.1. The van der Waals surface area contributed by atoms with Gasteiger partial charge in [0.2, 0.25) is 0 Å². The summed E-state index contributed by atoms with van der Waals surface area (Å²) in [5.41, 5.74) is 4.81. The first-order valence-electron chi connectivity index (χ1n) is 15.3. The number of carboxylic acid groups (broad SMARTS) is 1. The van der Waals surface area contributed by atoms with Crippen molar-refractivity contribution >= 4 is 44.4 Å². The van der Waals surface area contributed by atoms with Crippen molar-refractivity contribution in [1.82, 2.24) is 9.97 Å². The fourth-order valence-corrected chi connectivity index (χ4v) is 6.62. The largest absolute Gasteiger partial charge is 0.493 e. The van der Waals surface area contributed by atoms with E-state index in [0.717, 1.165) is 70.8 Å². The highest BCUT2D eigenvalue weighted by Crippen LogP contribution is 2.34. The van der Waals surface area contributed by atoms with Crippen molar-refractivity contribution in [3.05, 3.63) is 89.6 Å². The number of carbonyl (C=O) groups is 2. The highest BCUT2D eigenvalue weighted by molar-refractivity contribution is 7.22. The van der Waals surface area contributed by atoms with Gasteiger partial charge in [0.05, 0.1) is 35.7 Å². The molecule has 0 radical (unpaired) electrons. The lowest BCUT2D eigenvalue weighted by Crippen LogP contribution is -2.38. The first-order valence-corrected chi connectivity index (χ1v) is 16.2. The number of para-hydroxylation sites is 1. The summed E-state index contributed by atoms with van der Waals surface area (Å²) < 4.78 is 18.4. The molecule has 2 amide bonds. The van der Waals surface area contributed by atoms with E-state index in [2.05, 4.69) is 15.3 Å². The summed E-state index contributed by atoms with van der Waals surface area (Å²) in [6.07, 6.45) is 4.21. The van der Waals surface area contributed by atoms with E-state index >= 15 is 0 Å². The Morgan fingerprint density at radius 2 is 1.80 bits per heavy atom. The zero-order valence-corrected chi connectivity index (χ0v) is 25.8. The number of rotatable bonds is 9. The third-order valence-electron chi connectivity index (χ3n) is 8.01. The summed E-state index contributed by atoms with van der Waals surface area (Å²) in [4.78, 5) is 36.2. The van der Waals surface area contributed by atoms with Crippen LogP contribution in [0.2, 0.25) is 0 Å². The van der Waals surface area contributed by atoms with Crippen LogP contribution >= 0.6 is 11.3 Å². The first kappa shape index (κ1) is 29.5. The van der Waals surface area contributed by atoms with Crippen molar-refractivity contribution in [2.24, 2.45) is 0 Å². The topological polar surface area (TPSA) is 123 Å². The first-order chi connectivity index (χ1) is 22.5. The third kappa shape index (κ3) is 6.32. The van der Waals surface area contributed by atoms with Gasteiger partial charge in [0.25, 0.3) is 0 Å². The van der Waals surface area contributed by atoms with Gasteiger partial charge < -0.3 is 19.3 Å². The van der Waals surface area contributed by atoms with Gasteiger partial charge in [0.1, 0.15) is 11.5 Å². The van der Waals surface area contributed by atoms with Crippen LogP contribution in [0.25, 0.3) is 21.5 Å².